The maximum atomic E-state index is 5.55. The van der Waals surface area contributed by atoms with E-state index in [9.17, 15) is 0 Å². The molecule has 0 bridgehead atoms. The number of hydrogen-bond acceptors (Lipinski definition) is 2. The number of nitrogens with one attached hydrogen (secondary N) is 1. The van der Waals surface area contributed by atoms with Crippen LogP contribution in [0.3, 0.4) is 0 Å². The molecule has 17 heavy (non-hydrogen) atoms. The summed E-state index contributed by atoms with van der Waals surface area (Å²) in [5.41, 5.74) is 7.42. The third-order valence-electron chi connectivity index (χ3n) is 2.56. The molecule has 1 atom stereocenters. The van der Waals surface area contributed by atoms with Crippen LogP contribution in [0.2, 0.25) is 0 Å². The van der Waals surface area contributed by atoms with Gasteiger partial charge in [0, 0.05) is 17.6 Å². The Morgan fingerprint density at radius 1 is 1.35 bits per heavy atom. The first-order valence-corrected chi connectivity index (χ1v) is 6.23. The van der Waals surface area contributed by atoms with Gasteiger partial charge in [0.15, 0.2) is 0 Å². The zero-order valence-corrected chi connectivity index (χ0v) is 11.5. The van der Waals surface area contributed by atoms with E-state index >= 15 is 0 Å². The molecule has 0 aromatic heterocycles. The first-order chi connectivity index (χ1) is 8.04. The van der Waals surface area contributed by atoms with E-state index in [0.717, 1.165) is 17.8 Å². The first-order valence-electron chi connectivity index (χ1n) is 6.23. The monoisotopic (exact) mass is 234 g/mol. The van der Waals surface area contributed by atoms with Crippen molar-refractivity contribution in [2.24, 2.45) is 17.6 Å². The van der Waals surface area contributed by atoms with E-state index in [1.54, 1.807) is 6.20 Å². The molecule has 0 saturated carbocycles. The van der Waals surface area contributed by atoms with Gasteiger partial charge in [-0.1, -0.05) is 45.6 Å². The van der Waals surface area contributed by atoms with Crippen molar-refractivity contribution in [1.29, 1.82) is 0 Å². The van der Waals surface area contributed by atoms with Crippen LogP contribution in [0.15, 0.2) is 48.5 Å². The van der Waals surface area contributed by atoms with E-state index in [-0.39, 0.29) is 0 Å². The van der Waals surface area contributed by atoms with Crippen LogP contribution in [0.5, 0.6) is 0 Å². The summed E-state index contributed by atoms with van der Waals surface area (Å²) in [5.74, 6) is 0.852. The fraction of sp³-hybridized carbons (Fsp3) is 0.467. The molecule has 2 heteroatoms. The van der Waals surface area contributed by atoms with Gasteiger partial charge in [-0.2, -0.15) is 0 Å². The van der Waals surface area contributed by atoms with Crippen molar-refractivity contribution in [3.63, 3.8) is 0 Å². The van der Waals surface area contributed by atoms with Crippen molar-refractivity contribution >= 4 is 0 Å². The van der Waals surface area contributed by atoms with E-state index in [4.69, 9.17) is 5.73 Å². The zero-order chi connectivity index (χ0) is 13.3. The number of nitrogens with two attached hydrogens (primary N) is 1. The highest BCUT2D eigenvalue weighted by atomic mass is 14.9. The molecule has 0 heterocycles. The second-order valence-electron chi connectivity index (χ2n) is 4.38. The lowest BCUT2D eigenvalue weighted by molar-refractivity contribution is 0.701. The lowest BCUT2D eigenvalue weighted by Gasteiger charge is -2.13. The normalized spacial score (nSPS) is 14.8. The Labute approximate surface area is 106 Å². The minimum Gasteiger partial charge on any atom is -0.403 e. The van der Waals surface area contributed by atoms with Crippen LogP contribution in [0, 0.1) is 11.8 Å². The van der Waals surface area contributed by atoms with Gasteiger partial charge in [0.25, 0.3) is 0 Å². The predicted molar refractivity (Wildman–Crippen MR) is 77.1 cm³/mol. The topological polar surface area (TPSA) is 38.0 Å². The Hall–Kier alpha value is -1.44. The molecule has 0 aliphatic carbocycles. The Bertz CT molecular complexity index is 309. The summed E-state index contributed by atoms with van der Waals surface area (Å²) in [5, 5.41) is 3.22. The fourth-order valence-electron chi connectivity index (χ4n) is 1.43. The highest BCUT2D eigenvalue weighted by molar-refractivity contribution is 5.20. The summed E-state index contributed by atoms with van der Waals surface area (Å²) in [6.07, 6.45) is 11.1. The summed E-state index contributed by atoms with van der Waals surface area (Å²) in [6, 6.07) is 0. The van der Waals surface area contributed by atoms with Gasteiger partial charge in [-0.3, -0.25) is 0 Å². The number of allylic oxidation sites excluding steroid dienone is 5. The quantitative estimate of drug-likeness (QED) is 0.520. The van der Waals surface area contributed by atoms with Crippen molar-refractivity contribution in [1.82, 2.24) is 5.32 Å². The molecule has 1 unspecified atom stereocenters. The number of hydrogen-bond donors (Lipinski definition) is 2. The van der Waals surface area contributed by atoms with Gasteiger partial charge in [-0.25, -0.2) is 0 Å². The molecule has 3 N–H and O–H groups in total. The van der Waals surface area contributed by atoms with Gasteiger partial charge in [0.2, 0.25) is 0 Å². The lowest BCUT2D eigenvalue weighted by atomic mass is 10.1. The highest BCUT2D eigenvalue weighted by Crippen LogP contribution is 2.10. The molecule has 0 aromatic carbocycles. The fourth-order valence-corrected chi connectivity index (χ4v) is 1.43. The smallest absolute Gasteiger partial charge is 0.0334 e. The molecular weight excluding hydrogens is 208 g/mol. The maximum Gasteiger partial charge on any atom is 0.0334 e. The molecule has 0 spiro atoms. The number of rotatable bonds is 7. The second kappa shape index (κ2) is 8.68. The average molecular weight is 234 g/mol. The van der Waals surface area contributed by atoms with E-state index in [1.165, 1.54) is 0 Å². The summed E-state index contributed by atoms with van der Waals surface area (Å²) in [6.45, 7) is 12.4. The molecule has 0 fully saturated rings. The van der Waals surface area contributed by atoms with Gasteiger partial charge in [-0.15, -0.1) is 0 Å². The van der Waals surface area contributed by atoms with E-state index in [0.29, 0.717) is 11.8 Å². The van der Waals surface area contributed by atoms with Crippen LogP contribution in [0.4, 0.5) is 0 Å². The van der Waals surface area contributed by atoms with Crippen LogP contribution in [-0.2, 0) is 0 Å². The Balaban J connectivity index is 4.39. The van der Waals surface area contributed by atoms with E-state index < -0.39 is 0 Å². The Kier molecular flexibility index (Phi) is 7.95. The summed E-state index contributed by atoms with van der Waals surface area (Å²) in [4.78, 5) is 0. The van der Waals surface area contributed by atoms with Crippen molar-refractivity contribution in [2.75, 3.05) is 0 Å². The Morgan fingerprint density at radius 2 is 2.00 bits per heavy atom. The van der Waals surface area contributed by atoms with E-state index in [1.807, 2.05) is 13.0 Å². The largest absolute Gasteiger partial charge is 0.403 e. The first kappa shape index (κ1) is 15.6. The minimum absolute atomic E-state index is 0.377. The van der Waals surface area contributed by atoms with Gasteiger partial charge in [0.05, 0.1) is 0 Å². The van der Waals surface area contributed by atoms with Crippen LogP contribution >= 0.6 is 0 Å². The van der Waals surface area contributed by atoms with Crippen LogP contribution in [0.1, 0.15) is 34.1 Å². The zero-order valence-electron chi connectivity index (χ0n) is 11.5. The molecule has 0 aliphatic heterocycles. The summed E-state index contributed by atoms with van der Waals surface area (Å²) >= 11 is 0. The van der Waals surface area contributed by atoms with Crippen LogP contribution in [0.25, 0.3) is 0 Å². The second-order valence-corrected chi connectivity index (χ2v) is 4.38. The Morgan fingerprint density at radius 3 is 2.41 bits per heavy atom. The molecule has 0 aliphatic rings. The van der Waals surface area contributed by atoms with Gasteiger partial charge in [0.1, 0.15) is 0 Å². The van der Waals surface area contributed by atoms with Crippen molar-refractivity contribution in [3.8, 4) is 0 Å². The van der Waals surface area contributed by atoms with Gasteiger partial charge in [-0.05, 0) is 31.3 Å². The average Bonchev–Trinajstić information content (AvgIpc) is 2.30. The molecule has 0 amide bonds. The summed E-state index contributed by atoms with van der Waals surface area (Å²) in [7, 11) is 0. The van der Waals surface area contributed by atoms with E-state index in [2.05, 4.69) is 50.9 Å². The molecule has 0 rings (SSSR count). The lowest BCUT2D eigenvalue weighted by Crippen LogP contribution is -2.16. The maximum absolute atomic E-state index is 5.55. The highest BCUT2D eigenvalue weighted by Gasteiger charge is 2.02. The third-order valence-corrected chi connectivity index (χ3v) is 2.56. The van der Waals surface area contributed by atoms with Crippen LogP contribution in [-0.4, -0.2) is 0 Å². The molecule has 0 aromatic rings. The van der Waals surface area contributed by atoms with Crippen molar-refractivity contribution in [2.45, 2.75) is 34.1 Å². The summed E-state index contributed by atoms with van der Waals surface area (Å²) < 4.78 is 0. The SMILES string of the molecule is C=C(/C=C\C(/C=C\C)CC)N/C(=C\N)C(C)C. The molecule has 0 saturated heterocycles. The standard InChI is InChI=1S/C15H26N2/c1-6-8-14(7-2)10-9-13(5)17-15(11-16)12(3)4/h6,8-12,14,17H,5,7,16H2,1-4H3/b8-6-,10-9-,15-11-. The van der Waals surface area contributed by atoms with Gasteiger partial charge < -0.3 is 11.1 Å². The molecular formula is C15H26N2. The molecule has 2 nitrogen and oxygen atoms in total. The minimum atomic E-state index is 0.377. The van der Waals surface area contributed by atoms with Crippen molar-refractivity contribution < 1.29 is 0 Å². The van der Waals surface area contributed by atoms with Crippen molar-refractivity contribution in [3.05, 3.63) is 48.5 Å². The third kappa shape index (κ3) is 6.67. The van der Waals surface area contributed by atoms with Gasteiger partial charge >= 0.3 is 0 Å². The predicted octanol–water partition coefficient (Wildman–Crippen LogP) is 3.70. The molecule has 96 valence electrons. The molecule has 0 radical (unpaired) electrons. The van der Waals surface area contributed by atoms with Crippen LogP contribution < -0.4 is 11.1 Å².